The van der Waals surface area contributed by atoms with Gasteiger partial charge in [0.1, 0.15) is 6.61 Å². The number of hydrogen-bond acceptors (Lipinski definition) is 4. The lowest BCUT2D eigenvalue weighted by atomic mass is 10.2. The second-order valence-corrected chi connectivity index (χ2v) is 5.37. The highest BCUT2D eigenvalue weighted by atomic mass is 35.5. The molecule has 1 aliphatic rings. The summed E-state index contributed by atoms with van der Waals surface area (Å²) in [5, 5.41) is 1.49. The van der Waals surface area contributed by atoms with Crippen molar-refractivity contribution in [3.8, 4) is 11.5 Å². The normalized spacial score (nSPS) is 16.4. The van der Waals surface area contributed by atoms with Gasteiger partial charge in [0, 0.05) is 17.6 Å². The first-order chi connectivity index (χ1) is 9.11. The average molecular weight is 279 g/mol. The molecule has 19 heavy (non-hydrogen) atoms. The first-order valence-corrected chi connectivity index (χ1v) is 6.53. The van der Waals surface area contributed by atoms with Gasteiger partial charge in [0.2, 0.25) is 0 Å². The lowest BCUT2D eigenvalue weighted by Crippen LogP contribution is -2.29. The van der Waals surface area contributed by atoms with E-state index in [2.05, 4.69) is 4.98 Å². The summed E-state index contributed by atoms with van der Waals surface area (Å²) in [6, 6.07) is 5.44. The molecule has 4 nitrogen and oxygen atoms in total. The number of halogens is 1. The van der Waals surface area contributed by atoms with Crippen molar-refractivity contribution in [2.45, 2.75) is 18.4 Å². The number of fused-ring (bicyclic) bond motifs is 1. The van der Waals surface area contributed by atoms with Gasteiger partial charge in [-0.15, -0.1) is 0 Å². The Morgan fingerprint density at radius 2 is 2.16 bits per heavy atom. The number of ether oxygens (including phenoxy) is 2. The molecule has 0 radical (unpaired) electrons. The van der Waals surface area contributed by atoms with Gasteiger partial charge in [-0.05, 0) is 25.0 Å². The Kier molecular flexibility index (Phi) is 2.99. The molecule has 3 rings (SSSR count). The van der Waals surface area contributed by atoms with Crippen LogP contribution in [0.1, 0.15) is 12.8 Å². The van der Waals surface area contributed by atoms with Crippen molar-refractivity contribution in [3.63, 3.8) is 0 Å². The Hall–Kier alpha value is -1.52. The molecular weight excluding hydrogens is 264 g/mol. The fourth-order valence-electron chi connectivity index (χ4n) is 1.92. The number of benzene rings is 1. The maximum Gasteiger partial charge on any atom is 0.163 e. The fraction of sp³-hybridized carbons (Fsp3) is 0.357. The van der Waals surface area contributed by atoms with E-state index in [0.717, 1.165) is 23.7 Å². The van der Waals surface area contributed by atoms with Crippen LogP contribution in [0.15, 0.2) is 24.4 Å². The zero-order valence-corrected chi connectivity index (χ0v) is 11.4. The van der Waals surface area contributed by atoms with Crippen LogP contribution < -0.4 is 15.2 Å². The van der Waals surface area contributed by atoms with Gasteiger partial charge < -0.3 is 15.2 Å². The van der Waals surface area contributed by atoms with Crippen LogP contribution in [-0.2, 0) is 0 Å². The Labute approximate surface area is 116 Å². The van der Waals surface area contributed by atoms with Gasteiger partial charge in [0.05, 0.1) is 23.2 Å². The van der Waals surface area contributed by atoms with Gasteiger partial charge in [0.15, 0.2) is 11.5 Å². The molecule has 2 aromatic rings. The molecule has 5 heteroatoms. The summed E-state index contributed by atoms with van der Waals surface area (Å²) in [5.74, 6) is 1.30. The van der Waals surface area contributed by atoms with Gasteiger partial charge in [-0.1, -0.05) is 11.6 Å². The molecule has 0 unspecified atom stereocenters. The maximum absolute atomic E-state index is 6.14. The number of nitrogens with zero attached hydrogens (tertiary/aromatic N) is 1. The predicted molar refractivity (Wildman–Crippen MR) is 75.0 cm³/mol. The highest BCUT2D eigenvalue weighted by Gasteiger charge is 2.39. The number of pyridine rings is 1. The standard InChI is InChI=1S/C14H15ClN2O2/c1-18-12-6-9-10(15)2-5-17-11(9)7-13(12)19-8-14(16)3-4-14/h2,5-7H,3-4,8,16H2,1H3. The minimum Gasteiger partial charge on any atom is -0.493 e. The van der Waals surface area contributed by atoms with Crippen LogP contribution in [-0.4, -0.2) is 24.2 Å². The zero-order chi connectivity index (χ0) is 13.5. The minimum absolute atomic E-state index is 0.165. The maximum atomic E-state index is 6.14. The molecule has 0 atom stereocenters. The molecule has 2 N–H and O–H groups in total. The number of nitrogens with two attached hydrogens (primary N) is 1. The van der Waals surface area contributed by atoms with Gasteiger partial charge in [0.25, 0.3) is 0 Å². The quantitative estimate of drug-likeness (QED) is 0.934. The molecule has 1 aliphatic carbocycles. The van der Waals surface area contributed by atoms with Crippen molar-refractivity contribution >= 4 is 22.5 Å². The van der Waals surface area contributed by atoms with Crippen molar-refractivity contribution in [1.29, 1.82) is 0 Å². The Morgan fingerprint density at radius 3 is 2.84 bits per heavy atom. The van der Waals surface area contributed by atoms with Crippen molar-refractivity contribution in [1.82, 2.24) is 4.98 Å². The third-order valence-corrected chi connectivity index (χ3v) is 3.71. The van der Waals surface area contributed by atoms with Crippen molar-refractivity contribution < 1.29 is 9.47 Å². The third kappa shape index (κ3) is 2.46. The Balaban J connectivity index is 1.97. The van der Waals surface area contributed by atoms with Crippen LogP contribution in [0.25, 0.3) is 10.9 Å². The van der Waals surface area contributed by atoms with E-state index in [9.17, 15) is 0 Å². The van der Waals surface area contributed by atoms with Crippen molar-refractivity contribution in [2.24, 2.45) is 5.73 Å². The van der Waals surface area contributed by atoms with E-state index < -0.39 is 0 Å². The first-order valence-electron chi connectivity index (χ1n) is 6.15. The number of aromatic nitrogens is 1. The molecule has 0 bridgehead atoms. The van der Waals surface area contributed by atoms with Crippen LogP contribution in [0, 0.1) is 0 Å². The molecule has 0 aliphatic heterocycles. The van der Waals surface area contributed by atoms with E-state index in [1.165, 1.54) is 0 Å². The van der Waals surface area contributed by atoms with Crippen LogP contribution in [0.2, 0.25) is 5.02 Å². The lowest BCUT2D eigenvalue weighted by Gasteiger charge is -2.15. The Bertz CT molecular complexity index is 626. The molecule has 0 saturated heterocycles. The predicted octanol–water partition coefficient (Wildman–Crippen LogP) is 2.77. The molecule has 1 fully saturated rings. The molecular formula is C14H15ClN2O2. The largest absolute Gasteiger partial charge is 0.493 e. The second kappa shape index (κ2) is 4.54. The topological polar surface area (TPSA) is 57.4 Å². The first kappa shape index (κ1) is 12.5. The van der Waals surface area contributed by atoms with E-state index in [1.54, 1.807) is 19.4 Å². The zero-order valence-electron chi connectivity index (χ0n) is 10.6. The van der Waals surface area contributed by atoms with E-state index in [4.69, 9.17) is 26.8 Å². The monoisotopic (exact) mass is 278 g/mol. The number of methoxy groups -OCH3 is 1. The van der Waals surface area contributed by atoms with Crippen LogP contribution >= 0.6 is 11.6 Å². The summed E-state index contributed by atoms with van der Waals surface area (Å²) >= 11 is 6.14. The van der Waals surface area contributed by atoms with Gasteiger partial charge in [-0.2, -0.15) is 0 Å². The average Bonchev–Trinajstić information content (AvgIpc) is 3.14. The van der Waals surface area contributed by atoms with E-state index >= 15 is 0 Å². The van der Waals surface area contributed by atoms with Gasteiger partial charge >= 0.3 is 0 Å². The summed E-state index contributed by atoms with van der Waals surface area (Å²) in [5.41, 5.74) is 6.64. The molecule has 100 valence electrons. The molecule has 1 aromatic heterocycles. The molecule has 0 amide bonds. The minimum atomic E-state index is -0.165. The van der Waals surface area contributed by atoms with E-state index in [-0.39, 0.29) is 5.54 Å². The van der Waals surface area contributed by atoms with E-state index in [1.807, 2.05) is 12.1 Å². The second-order valence-electron chi connectivity index (χ2n) is 4.96. The lowest BCUT2D eigenvalue weighted by molar-refractivity contribution is 0.264. The molecule has 1 heterocycles. The fourth-order valence-corrected chi connectivity index (χ4v) is 2.13. The highest BCUT2D eigenvalue weighted by Crippen LogP contribution is 2.37. The van der Waals surface area contributed by atoms with Crippen molar-refractivity contribution in [3.05, 3.63) is 29.4 Å². The summed E-state index contributed by atoms with van der Waals surface area (Å²) in [7, 11) is 1.60. The summed E-state index contributed by atoms with van der Waals surface area (Å²) in [6.45, 7) is 0.495. The van der Waals surface area contributed by atoms with Crippen LogP contribution in [0.3, 0.4) is 0 Å². The van der Waals surface area contributed by atoms with Crippen LogP contribution in [0.4, 0.5) is 0 Å². The Morgan fingerprint density at radius 1 is 1.37 bits per heavy atom. The summed E-state index contributed by atoms with van der Waals surface area (Å²) in [6.07, 6.45) is 3.69. The van der Waals surface area contributed by atoms with E-state index in [0.29, 0.717) is 23.1 Å². The summed E-state index contributed by atoms with van der Waals surface area (Å²) < 4.78 is 11.1. The molecule has 0 spiro atoms. The summed E-state index contributed by atoms with van der Waals surface area (Å²) in [4.78, 5) is 4.29. The third-order valence-electron chi connectivity index (χ3n) is 3.38. The number of hydrogen-bond donors (Lipinski definition) is 1. The SMILES string of the molecule is COc1cc2c(Cl)ccnc2cc1OCC1(N)CC1. The molecule has 1 aromatic carbocycles. The van der Waals surface area contributed by atoms with Gasteiger partial charge in [-0.25, -0.2) is 0 Å². The highest BCUT2D eigenvalue weighted by molar-refractivity contribution is 6.35. The van der Waals surface area contributed by atoms with Gasteiger partial charge in [-0.3, -0.25) is 4.98 Å². The van der Waals surface area contributed by atoms with Crippen LogP contribution in [0.5, 0.6) is 11.5 Å². The van der Waals surface area contributed by atoms with Crippen molar-refractivity contribution in [2.75, 3.05) is 13.7 Å². The number of rotatable bonds is 4. The smallest absolute Gasteiger partial charge is 0.163 e. The molecule has 1 saturated carbocycles.